The Morgan fingerprint density at radius 1 is 1.15 bits per heavy atom. The van der Waals surface area contributed by atoms with Crippen LogP contribution in [-0.4, -0.2) is 83.6 Å². The molecule has 2 aromatic heterocycles. The Kier molecular flexibility index (Phi) is 6.98. The first-order valence-corrected chi connectivity index (χ1v) is 12.7. The molecule has 2 aliphatic carbocycles. The van der Waals surface area contributed by atoms with Crippen LogP contribution in [0, 0.1) is 0 Å². The number of hydrogen-bond acceptors (Lipinski definition) is 10. The Hall–Kier alpha value is -2.31. The molecule has 0 bridgehead atoms. The fourth-order valence-electron chi connectivity index (χ4n) is 4.83. The maximum atomic E-state index is 10.7. The summed E-state index contributed by atoms with van der Waals surface area (Å²) in [6, 6.07) is 8.09. The van der Waals surface area contributed by atoms with Crippen LogP contribution in [0.2, 0.25) is 0 Å². The van der Waals surface area contributed by atoms with E-state index < -0.39 is 24.4 Å². The molecule has 4 atom stereocenters. The van der Waals surface area contributed by atoms with Crippen molar-refractivity contribution in [2.24, 2.45) is 0 Å². The maximum Gasteiger partial charge on any atom is 0.191 e. The Morgan fingerprint density at radius 2 is 1.91 bits per heavy atom. The van der Waals surface area contributed by atoms with Crippen molar-refractivity contribution in [2.45, 2.75) is 68.2 Å². The number of aliphatic hydroxyl groups excluding tert-OH is 3. The number of aromatic nitrogens is 5. The number of nitrogens with one attached hydrogen (secondary N) is 1. The molecule has 4 N–H and O–H groups in total. The fourth-order valence-corrected chi connectivity index (χ4v) is 5.52. The largest absolute Gasteiger partial charge is 0.394 e. The van der Waals surface area contributed by atoms with E-state index in [0.29, 0.717) is 28.6 Å². The Morgan fingerprint density at radius 3 is 2.62 bits per heavy atom. The van der Waals surface area contributed by atoms with Gasteiger partial charge in [-0.25, -0.2) is 14.6 Å². The third-order valence-corrected chi connectivity index (χ3v) is 7.52. The van der Waals surface area contributed by atoms with E-state index in [1.807, 2.05) is 0 Å². The lowest BCUT2D eigenvalue weighted by Gasteiger charge is -2.17. The minimum Gasteiger partial charge on any atom is -0.394 e. The van der Waals surface area contributed by atoms with Gasteiger partial charge in [0.1, 0.15) is 12.2 Å². The highest BCUT2D eigenvalue weighted by Crippen LogP contribution is 2.35. The van der Waals surface area contributed by atoms with Gasteiger partial charge in [0.15, 0.2) is 22.1 Å². The minimum absolute atomic E-state index is 0.0943. The Bertz CT molecular complexity index is 1120. The molecule has 1 saturated carbocycles. The normalized spacial score (nSPS) is 24.7. The summed E-state index contributed by atoms with van der Waals surface area (Å²) in [7, 11) is 0. The summed E-state index contributed by atoms with van der Waals surface area (Å²) in [4.78, 5) is 9.47. The third kappa shape index (κ3) is 4.50. The molecule has 0 saturated heterocycles. The number of benzene rings is 1. The van der Waals surface area contributed by atoms with Crippen molar-refractivity contribution in [3.05, 3.63) is 35.4 Å². The first-order valence-electron chi connectivity index (χ1n) is 11.8. The number of anilines is 1. The van der Waals surface area contributed by atoms with Crippen LogP contribution in [0.15, 0.2) is 29.4 Å². The summed E-state index contributed by atoms with van der Waals surface area (Å²) in [6.07, 6.45) is 0.369. The number of nitrogens with zero attached hydrogens (tertiary/aromatic N) is 5. The number of ether oxygens (including phenoxy) is 1. The number of thioether (sulfide) groups is 1. The van der Waals surface area contributed by atoms with Gasteiger partial charge in [-0.15, -0.1) is 5.10 Å². The predicted octanol–water partition coefficient (Wildman–Crippen LogP) is 1.35. The zero-order valence-corrected chi connectivity index (χ0v) is 19.9. The van der Waals surface area contributed by atoms with Crippen LogP contribution in [0.3, 0.4) is 0 Å². The molecule has 11 heteroatoms. The lowest BCUT2D eigenvalue weighted by Crippen LogP contribution is -2.33. The SMILES string of the molecule is CCCSc1nc(NC2Cc3ccccc3C2)c2nnn([C@@H]3C[C@H](OCCO)[C@@H](O)[C@H]3O)c2n1. The van der Waals surface area contributed by atoms with Crippen LogP contribution in [0.1, 0.15) is 36.9 Å². The van der Waals surface area contributed by atoms with Crippen molar-refractivity contribution in [3.8, 4) is 0 Å². The molecule has 1 aromatic carbocycles. The molecular formula is C23H30N6O4S. The highest BCUT2D eigenvalue weighted by atomic mass is 32.2. The van der Waals surface area contributed by atoms with Crippen molar-refractivity contribution in [3.63, 3.8) is 0 Å². The molecule has 34 heavy (non-hydrogen) atoms. The Labute approximate surface area is 201 Å². The maximum absolute atomic E-state index is 10.7. The van der Waals surface area contributed by atoms with Gasteiger partial charge in [-0.2, -0.15) is 0 Å². The standard InChI is InChI=1S/C23H30N6O4S/c1-2-9-34-23-25-21(24-15-10-13-5-3-4-6-14(13)11-15)18-22(26-23)29(28-27-18)16-12-17(33-8-7-30)20(32)19(16)31/h3-6,15-17,19-20,30-32H,2,7-12H2,1H3,(H,24,25,26)/t16-,17+,19+,20-/m1/s1. The van der Waals surface area contributed by atoms with Gasteiger partial charge in [-0.1, -0.05) is 48.2 Å². The zero-order chi connectivity index (χ0) is 23.7. The number of fused-ring (bicyclic) bond motifs is 2. The molecule has 3 aromatic rings. The van der Waals surface area contributed by atoms with Crippen LogP contribution in [0.25, 0.3) is 11.2 Å². The summed E-state index contributed by atoms with van der Waals surface area (Å²) in [5, 5.41) is 43.1. The molecule has 1 fully saturated rings. The quantitative estimate of drug-likeness (QED) is 0.259. The lowest BCUT2D eigenvalue weighted by atomic mass is 10.1. The third-order valence-electron chi connectivity index (χ3n) is 6.47. The highest BCUT2D eigenvalue weighted by molar-refractivity contribution is 7.99. The second kappa shape index (κ2) is 10.1. The van der Waals surface area contributed by atoms with Gasteiger partial charge >= 0.3 is 0 Å². The highest BCUT2D eigenvalue weighted by Gasteiger charge is 2.44. The van der Waals surface area contributed by atoms with Gasteiger partial charge in [0.25, 0.3) is 0 Å². The molecule has 10 nitrogen and oxygen atoms in total. The summed E-state index contributed by atoms with van der Waals surface area (Å²) in [5.41, 5.74) is 3.74. The van der Waals surface area contributed by atoms with Crippen LogP contribution < -0.4 is 5.32 Å². The number of rotatable bonds is 9. The number of hydrogen-bond donors (Lipinski definition) is 4. The Balaban J connectivity index is 1.45. The molecule has 5 rings (SSSR count). The second-order valence-electron chi connectivity index (χ2n) is 8.84. The molecule has 0 spiro atoms. The van der Waals surface area contributed by atoms with Crippen molar-refractivity contribution >= 4 is 28.7 Å². The van der Waals surface area contributed by atoms with E-state index in [1.165, 1.54) is 11.1 Å². The van der Waals surface area contributed by atoms with E-state index in [-0.39, 0.29) is 19.3 Å². The van der Waals surface area contributed by atoms with Crippen LogP contribution >= 0.6 is 11.8 Å². The summed E-state index contributed by atoms with van der Waals surface area (Å²) >= 11 is 1.57. The molecule has 0 unspecified atom stereocenters. The second-order valence-corrected chi connectivity index (χ2v) is 9.91. The average Bonchev–Trinajstić information content (AvgIpc) is 3.52. The monoisotopic (exact) mass is 486 g/mol. The van der Waals surface area contributed by atoms with Gasteiger partial charge in [-0.05, 0) is 30.4 Å². The van der Waals surface area contributed by atoms with Gasteiger partial charge in [0.2, 0.25) is 0 Å². The molecular weight excluding hydrogens is 456 g/mol. The van der Waals surface area contributed by atoms with Gasteiger partial charge in [0.05, 0.1) is 25.4 Å². The average molecular weight is 487 g/mol. The van der Waals surface area contributed by atoms with E-state index in [1.54, 1.807) is 16.4 Å². The predicted molar refractivity (Wildman–Crippen MR) is 128 cm³/mol. The van der Waals surface area contributed by atoms with Crippen molar-refractivity contribution in [1.29, 1.82) is 0 Å². The first-order chi connectivity index (χ1) is 16.6. The van der Waals surface area contributed by atoms with Crippen LogP contribution in [-0.2, 0) is 17.6 Å². The first kappa shape index (κ1) is 23.4. The van der Waals surface area contributed by atoms with E-state index in [0.717, 1.165) is 25.0 Å². The lowest BCUT2D eigenvalue weighted by molar-refractivity contribution is -0.0629. The van der Waals surface area contributed by atoms with Gasteiger partial charge in [0, 0.05) is 18.2 Å². The van der Waals surface area contributed by atoms with E-state index in [9.17, 15) is 10.2 Å². The summed E-state index contributed by atoms with van der Waals surface area (Å²) in [5.74, 6) is 1.51. The molecule has 182 valence electrons. The van der Waals surface area contributed by atoms with Crippen molar-refractivity contribution in [1.82, 2.24) is 25.0 Å². The molecule has 2 aliphatic rings. The molecule has 0 aliphatic heterocycles. The van der Waals surface area contributed by atoms with E-state index >= 15 is 0 Å². The topological polar surface area (TPSA) is 138 Å². The summed E-state index contributed by atoms with van der Waals surface area (Å²) in [6.45, 7) is 2.05. The zero-order valence-electron chi connectivity index (χ0n) is 19.0. The summed E-state index contributed by atoms with van der Waals surface area (Å²) < 4.78 is 7.11. The van der Waals surface area contributed by atoms with E-state index in [4.69, 9.17) is 19.8 Å². The van der Waals surface area contributed by atoms with Gasteiger partial charge < -0.3 is 25.4 Å². The molecule has 0 amide bonds. The van der Waals surface area contributed by atoms with Crippen molar-refractivity contribution in [2.75, 3.05) is 24.3 Å². The molecule has 2 heterocycles. The van der Waals surface area contributed by atoms with Crippen LogP contribution in [0.4, 0.5) is 5.82 Å². The van der Waals surface area contributed by atoms with Crippen molar-refractivity contribution < 1.29 is 20.1 Å². The number of aliphatic hydroxyl groups is 3. The minimum atomic E-state index is -1.09. The van der Waals surface area contributed by atoms with Crippen LogP contribution in [0.5, 0.6) is 0 Å². The van der Waals surface area contributed by atoms with E-state index in [2.05, 4.69) is 46.8 Å². The molecule has 0 radical (unpaired) electrons. The van der Waals surface area contributed by atoms with Gasteiger partial charge in [-0.3, -0.25) is 0 Å². The fraction of sp³-hybridized carbons (Fsp3) is 0.565. The smallest absolute Gasteiger partial charge is 0.191 e.